The zero-order chi connectivity index (χ0) is 7.49. The van der Waals surface area contributed by atoms with Crippen LogP contribution in [-0.4, -0.2) is 49.3 Å². The highest BCUT2D eigenvalue weighted by Gasteiger charge is 2.13. The first kappa shape index (κ1) is 18.1. The van der Waals surface area contributed by atoms with Gasteiger partial charge in [-0.1, -0.05) is 0 Å². The van der Waals surface area contributed by atoms with Crippen LogP contribution in [0.15, 0.2) is 0 Å². The van der Waals surface area contributed by atoms with E-state index in [0.717, 1.165) is 4.48 Å². The fraction of sp³-hybridized carbons (Fsp3) is 1.00. The Kier molecular flexibility index (Phi) is 12.9. The normalized spacial score (nSPS) is 12.8. The minimum Gasteiger partial charge on any atom is -0.386 e. The molecular weight excluding hydrogens is 300 g/mol. The molecule has 0 heterocycles. The number of hydrogen-bond acceptors (Lipinski definition) is 1. The smallest absolute Gasteiger partial charge is 0.116 e. The summed E-state index contributed by atoms with van der Waals surface area (Å²) in [5.41, 5.74) is 0. The van der Waals surface area contributed by atoms with Gasteiger partial charge in [-0.15, -0.1) is 48.0 Å². The first-order valence-corrected chi connectivity index (χ1v) is 3.53. The van der Waals surface area contributed by atoms with E-state index in [-0.39, 0.29) is 42.5 Å². The number of hydrogen-bond donors (Lipinski definition) is 1. The molecule has 0 aliphatic carbocycles. The molecule has 0 saturated heterocycles. The van der Waals surface area contributed by atoms with Crippen LogP contribution in [0.2, 0.25) is 0 Å². The highest BCUT2D eigenvalue weighted by Crippen LogP contribution is 1.95. The third kappa shape index (κ3) is 14.1. The van der Waals surface area contributed by atoms with E-state index >= 15 is 0 Å². The maximum atomic E-state index is 9.05. The number of rotatable bonds is 3. The van der Waals surface area contributed by atoms with E-state index in [1.54, 1.807) is 0 Å². The van der Waals surface area contributed by atoms with Gasteiger partial charge in [0.25, 0.3) is 0 Å². The lowest BCUT2D eigenvalue weighted by molar-refractivity contribution is -0.873. The maximum absolute atomic E-state index is 9.05. The van der Waals surface area contributed by atoms with Crippen LogP contribution in [0.3, 0.4) is 0 Å². The van der Waals surface area contributed by atoms with Crippen molar-refractivity contribution in [3.8, 4) is 0 Å². The summed E-state index contributed by atoms with van der Waals surface area (Å²) in [6, 6.07) is 0. The second-order valence-electron chi connectivity index (χ2n) is 3.28. The summed E-state index contributed by atoms with van der Waals surface area (Å²) in [5.74, 6) is 0.329. The first-order valence-electron chi connectivity index (χ1n) is 3.00. The monoisotopic (exact) mass is 316 g/mol. The van der Waals surface area contributed by atoms with E-state index in [0.29, 0.717) is 12.4 Å². The van der Waals surface area contributed by atoms with Crippen LogP contribution in [-0.2, 0) is 0 Å². The number of likely N-dealkylation sites (N-methyl/N-ethyl adjacent to an activating group) is 1. The Balaban J connectivity index is -0.000000320. The molecule has 0 aromatic rings. The van der Waals surface area contributed by atoms with E-state index in [1.165, 1.54) is 0 Å². The van der Waals surface area contributed by atoms with Gasteiger partial charge in [-0.05, 0) is 0 Å². The lowest BCUT2D eigenvalue weighted by Crippen LogP contribution is -2.41. The van der Waals surface area contributed by atoms with Gasteiger partial charge in [-0.3, -0.25) is 0 Å². The third-order valence-corrected chi connectivity index (χ3v) is 1.29. The fourth-order valence-electron chi connectivity index (χ4n) is 0.681. The van der Waals surface area contributed by atoms with Crippen LogP contribution in [0.4, 0.5) is 0 Å². The molecule has 1 atom stereocenters. The third-order valence-electron chi connectivity index (χ3n) is 0.937. The minimum atomic E-state index is -0.369. The number of aliphatic hydroxyl groups is 1. The molecule has 1 unspecified atom stereocenters. The zero-order valence-electron chi connectivity index (χ0n) is 7.08. The van der Waals surface area contributed by atoms with Gasteiger partial charge >= 0.3 is 0 Å². The number of quaternary nitrogens is 1. The van der Waals surface area contributed by atoms with Crippen LogP contribution < -0.4 is 0 Å². The molecule has 0 rings (SSSR count). The maximum Gasteiger partial charge on any atom is 0.116 e. The van der Waals surface area contributed by atoms with Gasteiger partial charge in [0.15, 0.2) is 0 Å². The molecule has 72 valence electrons. The Labute approximate surface area is 96.9 Å². The molecule has 0 amide bonds. The lowest BCUT2D eigenvalue weighted by atomic mass is 10.3. The number of nitrogens with zero attached hydrogens (tertiary/aromatic N) is 1. The second-order valence-corrected chi connectivity index (χ2v) is 3.59. The predicted molar refractivity (Wildman–Crippen MR) is 62.3 cm³/mol. The van der Waals surface area contributed by atoms with Crippen molar-refractivity contribution in [2.75, 3.05) is 33.6 Å². The van der Waals surface area contributed by atoms with Gasteiger partial charge in [0, 0.05) is 0 Å². The van der Waals surface area contributed by atoms with Gasteiger partial charge < -0.3 is 9.59 Å². The predicted octanol–water partition coefficient (Wildman–Crippen LogP) is 1.33. The molecule has 0 fully saturated rings. The molecule has 0 aliphatic heterocycles. The average molecular weight is 317 g/mol. The molecule has 5 heteroatoms. The lowest BCUT2D eigenvalue weighted by Gasteiger charge is -2.25. The molecular formula is C6H17Cl2INO+. The first-order chi connectivity index (χ1) is 3.95. The number of alkyl halides is 1. The average Bonchev–Trinajstić information content (AvgIpc) is 1.62. The van der Waals surface area contributed by atoms with E-state index < -0.39 is 0 Å². The van der Waals surface area contributed by atoms with Crippen LogP contribution in [0, 0.1) is 0 Å². The van der Waals surface area contributed by atoms with Crippen molar-refractivity contribution in [2.24, 2.45) is 0 Å². The number of aliphatic hydroxyl groups excluding tert-OH is 1. The van der Waals surface area contributed by atoms with Crippen molar-refractivity contribution < 1.29 is 9.59 Å². The van der Waals surface area contributed by atoms with Crippen LogP contribution in [0.5, 0.6) is 0 Å². The van der Waals surface area contributed by atoms with Crippen LogP contribution in [0.1, 0.15) is 0 Å². The molecule has 2 nitrogen and oxygen atoms in total. The standard InChI is InChI=1S/C6H15ClNO.ClH.HI/c1-8(2,3)5-6(9)4-7;;/h6,9H,4-5H2,1-3H3;2*1H/q+1;;. The molecule has 1 N–H and O–H groups in total. The van der Waals surface area contributed by atoms with Crippen molar-refractivity contribution in [3.05, 3.63) is 0 Å². The summed E-state index contributed by atoms with van der Waals surface area (Å²) in [4.78, 5) is 0. The quantitative estimate of drug-likeness (QED) is 0.473. The Morgan fingerprint density at radius 2 is 1.73 bits per heavy atom. The molecule has 0 spiro atoms. The van der Waals surface area contributed by atoms with Crippen molar-refractivity contribution in [1.29, 1.82) is 0 Å². The molecule has 0 saturated carbocycles. The largest absolute Gasteiger partial charge is 0.386 e. The molecule has 0 radical (unpaired) electrons. The Morgan fingerprint density at radius 3 is 1.82 bits per heavy atom. The molecule has 0 aromatic heterocycles. The summed E-state index contributed by atoms with van der Waals surface area (Å²) >= 11 is 5.40. The Hall–Kier alpha value is 1.23. The molecule has 0 bridgehead atoms. The summed E-state index contributed by atoms with van der Waals surface area (Å²) in [6.07, 6.45) is -0.369. The van der Waals surface area contributed by atoms with Crippen molar-refractivity contribution in [3.63, 3.8) is 0 Å². The van der Waals surface area contributed by atoms with Gasteiger partial charge in [-0.25, -0.2) is 0 Å². The van der Waals surface area contributed by atoms with Crippen LogP contribution >= 0.6 is 48.0 Å². The fourth-order valence-corrected chi connectivity index (χ4v) is 0.779. The summed E-state index contributed by atoms with van der Waals surface area (Å²) in [5, 5.41) is 9.05. The highest BCUT2D eigenvalue weighted by atomic mass is 127. The summed E-state index contributed by atoms with van der Waals surface area (Å²) < 4.78 is 0.758. The number of halogens is 3. The molecule has 11 heavy (non-hydrogen) atoms. The Bertz CT molecular complexity index is 87.1. The van der Waals surface area contributed by atoms with Gasteiger partial charge in [0.2, 0.25) is 0 Å². The summed E-state index contributed by atoms with van der Waals surface area (Å²) in [7, 11) is 6.07. The minimum absolute atomic E-state index is 0. The Morgan fingerprint density at radius 1 is 1.36 bits per heavy atom. The topological polar surface area (TPSA) is 20.2 Å². The van der Waals surface area contributed by atoms with E-state index in [9.17, 15) is 0 Å². The van der Waals surface area contributed by atoms with Gasteiger partial charge in [-0.2, -0.15) is 0 Å². The SMILES string of the molecule is C[N+](C)(C)CC(O)CCl.Cl.I. The summed E-state index contributed by atoms with van der Waals surface area (Å²) in [6.45, 7) is 0.712. The van der Waals surface area contributed by atoms with Gasteiger partial charge in [0.05, 0.1) is 27.0 Å². The van der Waals surface area contributed by atoms with Gasteiger partial charge in [0.1, 0.15) is 12.6 Å². The van der Waals surface area contributed by atoms with Crippen molar-refractivity contribution in [2.45, 2.75) is 6.10 Å². The van der Waals surface area contributed by atoms with Crippen molar-refractivity contribution in [1.82, 2.24) is 0 Å². The van der Waals surface area contributed by atoms with Crippen LogP contribution in [0.25, 0.3) is 0 Å². The molecule has 0 aromatic carbocycles. The second kappa shape index (κ2) is 7.86. The zero-order valence-corrected chi connectivity index (χ0v) is 11.0. The van der Waals surface area contributed by atoms with Crippen molar-refractivity contribution >= 4 is 48.0 Å². The molecule has 0 aliphatic rings. The van der Waals surface area contributed by atoms with E-state index in [1.807, 2.05) is 21.1 Å². The van der Waals surface area contributed by atoms with E-state index in [4.69, 9.17) is 16.7 Å². The highest BCUT2D eigenvalue weighted by molar-refractivity contribution is 14.0. The van der Waals surface area contributed by atoms with E-state index in [2.05, 4.69) is 0 Å².